The summed E-state index contributed by atoms with van der Waals surface area (Å²) >= 11 is 2.01. The summed E-state index contributed by atoms with van der Waals surface area (Å²) in [5, 5.41) is 4.02. The molecule has 3 atom stereocenters. The molecule has 3 unspecified atom stereocenters. The molecular weight excluding hydrogens is 256 g/mol. The zero-order valence-electron chi connectivity index (χ0n) is 11.2. The molecule has 2 heterocycles. The quantitative estimate of drug-likeness (QED) is 0.920. The average Bonchev–Trinajstić information content (AvgIpc) is 3.04. The zero-order chi connectivity index (χ0) is 13.2. The highest BCUT2D eigenvalue weighted by Crippen LogP contribution is 2.31. The summed E-state index contributed by atoms with van der Waals surface area (Å²) in [6.45, 7) is 2.83. The Morgan fingerprint density at radius 2 is 2.16 bits per heavy atom. The van der Waals surface area contributed by atoms with Gasteiger partial charge in [-0.25, -0.2) is 0 Å². The maximum Gasteiger partial charge on any atom is 0.241 e. The third-order valence-electron chi connectivity index (χ3n) is 3.91. The summed E-state index contributed by atoms with van der Waals surface area (Å²) in [4.78, 5) is 14.4. The first-order valence-electron chi connectivity index (χ1n) is 6.99. The summed E-state index contributed by atoms with van der Waals surface area (Å²) in [5.74, 6) is 1.48. The van der Waals surface area contributed by atoms with Crippen LogP contribution in [0.15, 0.2) is 30.3 Å². The van der Waals surface area contributed by atoms with Crippen molar-refractivity contribution in [1.29, 1.82) is 0 Å². The molecule has 3 rings (SSSR count). The maximum atomic E-state index is 12.3. The molecule has 0 spiro atoms. The lowest BCUT2D eigenvalue weighted by Crippen LogP contribution is -2.35. The summed E-state index contributed by atoms with van der Waals surface area (Å²) in [7, 11) is 0. The molecule has 0 aliphatic carbocycles. The number of amides is 1. The highest BCUT2D eigenvalue weighted by Gasteiger charge is 2.38. The molecule has 0 radical (unpaired) electrons. The lowest BCUT2D eigenvalue weighted by Gasteiger charge is -2.27. The van der Waals surface area contributed by atoms with Gasteiger partial charge in [0.2, 0.25) is 5.91 Å². The summed E-state index contributed by atoms with van der Waals surface area (Å²) < 4.78 is 0. The molecule has 1 amide bonds. The molecule has 0 bridgehead atoms. The Bertz CT molecular complexity index is 445. The van der Waals surface area contributed by atoms with Gasteiger partial charge in [-0.3, -0.25) is 10.1 Å². The summed E-state index contributed by atoms with van der Waals surface area (Å²) in [6.07, 6.45) is 2.57. The number of rotatable bonds is 3. The lowest BCUT2D eigenvalue weighted by molar-refractivity contribution is -0.129. The number of nitrogens with one attached hydrogen (secondary N) is 1. The van der Waals surface area contributed by atoms with Gasteiger partial charge in [-0.2, -0.15) is 11.8 Å². The van der Waals surface area contributed by atoms with E-state index < -0.39 is 0 Å². The van der Waals surface area contributed by atoms with Gasteiger partial charge in [-0.1, -0.05) is 30.3 Å². The van der Waals surface area contributed by atoms with E-state index in [2.05, 4.69) is 17.4 Å². The number of hydrogen-bond acceptors (Lipinski definition) is 3. The van der Waals surface area contributed by atoms with Crippen LogP contribution in [-0.4, -0.2) is 34.4 Å². The number of carbonyl (C=O) groups is 1. The zero-order valence-corrected chi connectivity index (χ0v) is 12.0. The van der Waals surface area contributed by atoms with Gasteiger partial charge in [0.05, 0.1) is 6.04 Å². The van der Waals surface area contributed by atoms with E-state index in [1.165, 1.54) is 24.2 Å². The Kier molecular flexibility index (Phi) is 3.80. The third kappa shape index (κ3) is 2.65. The van der Waals surface area contributed by atoms with Gasteiger partial charge >= 0.3 is 0 Å². The van der Waals surface area contributed by atoms with Crippen molar-refractivity contribution in [2.24, 2.45) is 0 Å². The van der Waals surface area contributed by atoms with E-state index in [9.17, 15) is 4.79 Å². The SMILES string of the molecule is CC1NC(c2ccccc2)N(CC2CCCS2)C1=O. The standard InChI is InChI=1S/C15H20N2OS/c1-11-15(18)17(10-13-8-5-9-19-13)14(16-11)12-6-3-2-4-7-12/h2-4,6-7,11,13-14,16H,5,8-10H2,1H3. The van der Waals surface area contributed by atoms with Crippen LogP contribution in [0.5, 0.6) is 0 Å². The molecule has 4 heteroatoms. The summed E-state index contributed by atoms with van der Waals surface area (Å²) in [6, 6.07) is 10.2. The fourth-order valence-electron chi connectivity index (χ4n) is 2.89. The molecule has 1 aromatic carbocycles. The van der Waals surface area contributed by atoms with Crippen LogP contribution in [0.2, 0.25) is 0 Å². The molecule has 2 fully saturated rings. The van der Waals surface area contributed by atoms with E-state index in [0.717, 1.165) is 6.54 Å². The fraction of sp³-hybridized carbons (Fsp3) is 0.533. The van der Waals surface area contributed by atoms with Crippen molar-refractivity contribution in [1.82, 2.24) is 10.2 Å². The van der Waals surface area contributed by atoms with Crippen molar-refractivity contribution in [2.45, 2.75) is 37.2 Å². The third-order valence-corrected chi connectivity index (χ3v) is 5.29. The van der Waals surface area contributed by atoms with Crippen molar-refractivity contribution in [3.63, 3.8) is 0 Å². The normalized spacial score (nSPS) is 31.1. The van der Waals surface area contributed by atoms with Crippen LogP contribution in [-0.2, 0) is 4.79 Å². The topological polar surface area (TPSA) is 32.3 Å². The van der Waals surface area contributed by atoms with Crippen molar-refractivity contribution < 1.29 is 4.79 Å². The van der Waals surface area contributed by atoms with Crippen LogP contribution in [0.1, 0.15) is 31.5 Å². The van der Waals surface area contributed by atoms with Gasteiger partial charge in [0.1, 0.15) is 6.17 Å². The second kappa shape index (κ2) is 5.55. The van der Waals surface area contributed by atoms with Crippen LogP contribution >= 0.6 is 11.8 Å². The van der Waals surface area contributed by atoms with Gasteiger partial charge < -0.3 is 4.90 Å². The Morgan fingerprint density at radius 1 is 1.37 bits per heavy atom. The molecule has 102 valence electrons. The van der Waals surface area contributed by atoms with Gasteiger partial charge in [0.15, 0.2) is 0 Å². The second-order valence-corrected chi connectivity index (χ2v) is 6.74. The summed E-state index contributed by atoms with van der Waals surface area (Å²) in [5.41, 5.74) is 1.18. The lowest BCUT2D eigenvalue weighted by atomic mass is 10.1. The second-order valence-electron chi connectivity index (χ2n) is 5.33. The number of hydrogen-bond donors (Lipinski definition) is 1. The highest BCUT2D eigenvalue weighted by atomic mass is 32.2. The molecule has 2 saturated heterocycles. The highest BCUT2D eigenvalue weighted by molar-refractivity contribution is 8.00. The maximum absolute atomic E-state index is 12.3. The molecule has 19 heavy (non-hydrogen) atoms. The minimum absolute atomic E-state index is 0.0462. The van der Waals surface area contributed by atoms with Crippen molar-refractivity contribution in [2.75, 3.05) is 12.3 Å². The van der Waals surface area contributed by atoms with Gasteiger partial charge in [-0.15, -0.1) is 0 Å². The average molecular weight is 276 g/mol. The predicted molar refractivity (Wildman–Crippen MR) is 79.0 cm³/mol. The van der Waals surface area contributed by atoms with Gasteiger partial charge in [0.25, 0.3) is 0 Å². The van der Waals surface area contributed by atoms with Crippen molar-refractivity contribution >= 4 is 17.7 Å². The number of thioether (sulfide) groups is 1. The van der Waals surface area contributed by atoms with Gasteiger partial charge in [-0.05, 0) is 31.1 Å². The van der Waals surface area contributed by atoms with E-state index in [-0.39, 0.29) is 18.1 Å². The number of benzene rings is 1. The monoisotopic (exact) mass is 276 g/mol. The Hall–Kier alpha value is -1.00. The van der Waals surface area contributed by atoms with E-state index in [1.54, 1.807) is 0 Å². The molecular formula is C15H20N2OS. The molecule has 0 saturated carbocycles. The van der Waals surface area contributed by atoms with E-state index >= 15 is 0 Å². The first-order valence-corrected chi connectivity index (χ1v) is 8.03. The molecule has 1 aromatic rings. The minimum atomic E-state index is -0.0726. The molecule has 0 aromatic heterocycles. The smallest absolute Gasteiger partial charge is 0.241 e. The fourth-order valence-corrected chi connectivity index (χ4v) is 4.15. The van der Waals surface area contributed by atoms with Crippen LogP contribution in [0.4, 0.5) is 0 Å². The molecule has 2 aliphatic rings. The van der Waals surface area contributed by atoms with E-state index in [0.29, 0.717) is 5.25 Å². The first-order chi connectivity index (χ1) is 9.25. The Labute approximate surface area is 118 Å². The number of carbonyl (C=O) groups excluding carboxylic acids is 1. The largest absolute Gasteiger partial charge is 0.320 e. The van der Waals surface area contributed by atoms with E-state index in [1.807, 2.05) is 41.8 Å². The van der Waals surface area contributed by atoms with Crippen LogP contribution in [0.3, 0.4) is 0 Å². The van der Waals surface area contributed by atoms with Crippen LogP contribution in [0, 0.1) is 0 Å². The Balaban J connectivity index is 1.79. The first kappa shape index (κ1) is 13.0. The van der Waals surface area contributed by atoms with Crippen LogP contribution in [0.25, 0.3) is 0 Å². The molecule has 2 aliphatic heterocycles. The molecule has 1 N–H and O–H groups in total. The van der Waals surface area contributed by atoms with Crippen molar-refractivity contribution in [3.8, 4) is 0 Å². The minimum Gasteiger partial charge on any atom is -0.320 e. The van der Waals surface area contributed by atoms with E-state index in [4.69, 9.17) is 0 Å². The molecule has 3 nitrogen and oxygen atoms in total. The number of nitrogens with zero attached hydrogens (tertiary/aromatic N) is 1. The van der Waals surface area contributed by atoms with Gasteiger partial charge in [0, 0.05) is 11.8 Å². The van der Waals surface area contributed by atoms with Crippen molar-refractivity contribution in [3.05, 3.63) is 35.9 Å². The Morgan fingerprint density at radius 3 is 2.84 bits per heavy atom. The van der Waals surface area contributed by atoms with Crippen LogP contribution < -0.4 is 5.32 Å². The predicted octanol–water partition coefficient (Wildman–Crippen LogP) is 2.40.